The molecule has 0 bridgehead atoms. The largest absolute Gasteiger partial charge is 0.480 e. The number of rotatable bonds is 16. The third kappa shape index (κ3) is 10.6. The summed E-state index contributed by atoms with van der Waals surface area (Å²) in [7, 11) is 0. The average Bonchev–Trinajstić information content (AvgIpc) is 3.01. The third-order valence-corrected chi connectivity index (χ3v) is 11.2. The van der Waals surface area contributed by atoms with Gasteiger partial charge in [0.05, 0.1) is 46.7 Å². The number of thioether (sulfide) groups is 4. The van der Waals surface area contributed by atoms with Crippen molar-refractivity contribution in [2.45, 2.75) is 65.7 Å². The predicted molar refractivity (Wildman–Crippen MR) is 174 cm³/mol. The summed E-state index contributed by atoms with van der Waals surface area (Å²) < 4.78 is 0. The maximum atomic E-state index is 14.4. The number of carboxylic acid groups (broad SMARTS) is 2. The molecular formula is C28H36N6O7S4. The van der Waals surface area contributed by atoms with Crippen LogP contribution in [0.5, 0.6) is 0 Å². The van der Waals surface area contributed by atoms with E-state index in [0.717, 1.165) is 0 Å². The zero-order chi connectivity index (χ0) is 33.1. The fourth-order valence-electron chi connectivity index (χ4n) is 4.93. The summed E-state index contributed by atoms with van der Waals surface area (Å²) in [5.74, 6) is -4.57. The Balaban J connectivity index is 1.97. The zero-order valence-corrected chi connectivity index (χ0v) is 28.4. The molecule has 0 aliphatic heterocycles. The molecule has 2 aromatic heterocycles. The normalized spacial score (nSPS) is 19.2. The number of carbonyl (C=O) groups is 5. The first-order valence-corrected chi connectivity index (χ1v) is 18.5. The second-order valence-corrected chi connectivity index (χ2v) is 14.2. The van der Waals surface area contributed by atoms with Crippen LogP contribution in [-0.4, -0.2) is 95.8 Å². The standard InChI is InChI=1S/C28H36N6O7S4/c1-14(35)33-20(27(38)39)12-44-25(18-8-31-22(42-3)10-29-18)16-6-5-7-17(24(16)37)26(19-9-32-23(43-4)11-30-19)45-13-21(28(40)41)34-15(2)36/h8-11,16-17,20-21,25-26H,5-7,12-13H2,1-4H3,(H,33,35)(H,34,36)(H,38,39)(H,40,41)/t16?,17?,20-,21-,25?,26?/m0/s1. The van der Waals surface area contributed by atoms with Gasteiger partial charge in [-0.15, -0.1) is 47.0 Å². The van der Waals surface area contributed by atoms with Crippen LogP contribution in [0.4, 0.5) is 0 Å². The van der Waals surface area contributed by atoms with Crippen molar-refractivity contribution in [1.29, 1.82) is 0 Å². The highest BCUT2D eigenvalue weighted by molar-refractivity contribution is 8.00. The predicted octanol–water partition coefficient (Wildman–Crippen LogP) is 3.12. The Kier molecular flexibility index (Phi) is 14.4. The molecule has 1 aliphatic rings. The van der Waals surface area contributed by atoms with Crippen molar-refractivity contribution >= 4 is 76.6 Å². The molecule has 17 heteroatoms. The van der Waals surface area contributed by atoms with Gasteiger partial charge in [0.25, 0.3) is 0 Å². The molecule has 1 saturated carbocycles. The average molecular weight is 697 g/mol. The number of aromatic nitrogens is 4. The van der Waals surface area contributed by atoms with E-state index in [4.69, 9.17) is 0 Å². The number of nitrogens with zero attached hydrogens (tertiary/aromatic N) is 4. The molecule has 6 atom stereocenters. The first kappa shape index (κ1) is 36.6. The van der Waals surface area contributed by atoms with E-state index >= 15 is 0 Å². The summed E-state index contributed by atoms with van der Waals surface area (Å²) in [6.45, 7) is 2.49. The lowest BCUT2D eigenvalue weighted by molar-refractivity contribution is -0.141. The molecule has 0 saturated heterocycles. The quantitative estimate of drug-likeness (QED) is 0.186. The van der Waals surface area contributed by atoms with Gasteiger partial charge < -0.3 is 20.8 Å². The van der Waals surface area contributed by atoms with Crippen molar-refractivity contribution in [3.8, 4) is 0 Å². The molecule has 2 aromatic rings. The minimum absolute atomic E-state index is 0.00318. The molecule has 1 fully saturated rings. The van der Waals surface area contributed by atoms with E-state index in [1.807, 2.05) is 12.5 Å². The lowest BCUT2D eigenvalue weighted by Gasteiger charge is -2.36. The maximum absolute atomic E-state index is 14.4. The van der Waals surface area contributed by atoms with Crippen molar-refractivity contribution < 1.29 is 34.2 Å². The second kappa shape index (κ2) is 17.7. The van der Waals surface area contributed by atoms with Crippen LogP contribution in [0.1, 0.15) is 55.0 Å². The number of carboxylic acids is 2. The van der Waals surface area contributed by atoms with Crippen LogP contribution in [0.15, 0.2) is 34.8 Å². The van der Waals surface area contributed by atoms with E-state index in [1.54, 1.807) is 24.8 Å². The number of hydrogen-bond acceptors (Lipinski definition) is 13. The molecule has 3 rings (SSSR count). The van der Waals surface area contributed by atoms with E-state index in [1.165, 1.54) is 60.9 Å². The molecule has 2 heterocycles. The van der Waals surface area contributed by atoms with Gasteiger partial charge in [-0.05, 0) is 25.4 Å². The molecule has 45 heavy (non-hydrogen) atoms. The highest BCUT2D eigenvalue weighted by atomic mass is 32.2. The Morgan fingerprint density at radius 3 is 1.44 bits per heavy atom. The Labute approximate surface area is 278 Å². The van der Waals surface area contributed by atoms with Crippen molar-refractivity contribution in [1.82, 2.24) is 30.6 Å². The van der Waals surface area contributed by atoms with E-state index in [9.17, 15) is 34.2 Å². The van der Waals surface area contributed by atoms with Gasteiger partial charge in [0.2, 0.25) is 11.8 Å². The summed E-state index contributed by atoms with van der Waals surface area (Å²) >= 11 is 5.29. The third-order valence-electron chi connectivity index (χ3n) is 7.03. The monoisotopic (exact) mass is 696 g/mol. The lowest BCUT2D eigenvalue weighted by atomic mass is 9.76. The van der Waals surface area contributed by atoms with Crippen LogP contribution in [0, 0.1) is 11.8 Å². The highest BCUT2D eigenvalue weighted by Crippen LogP contribution is 2.48. The van der Waals surface area contributed by atoms with Crippen LogP contribution >= 0.6 is 47.0 Å². The number of amides is 2. The maximum Gasteiger partial charge on any atom is 0.327 e. The molecule has 0 spiro atoms. The minimum atomic E-state index is -1.19. The molecule has 1 aliphatic carbocycles. The van der Waals surface area contributed by atoms with Crippen LogP contribution < -0.4 is 10.6 Å². The van der Waals surface area contributed by atoms with Crippen molar-refractivity contribution in [3.63, 3.8) is 0 Å². The van der Waals surface area contributed by atoms with Crippen LogP contribution in [-0.2, 0) is 24.0 Å². The molecule has 4 N–H and O–H groups in total. The van der Waals surface area contributed by atoms with Gasteiger partial charge in [0.15, 0.2) is 0 Å². The molecule has 0 aromatic carbocycles. The van der Waals surface area contributed by atoms with Crippen LogP contribution in [0.3, 0.4) is 0 Å². The smallest absolute Gasteiger partial charge is 0.327 e. The molecule has 13 nitrogen and oxygen atoms in total. The van der Waals surface area contributed by atoms with Gasteiger partial charge in [0.1, 0.15) is 27.9 Å². The molecular weight excluding hydrogens is 661 g/mol. The summed E-state index contributed by atoms with van der Waals surface area (Å²) in [5, 5.41) is 24.6. The van der Waals surface area contributed by atoms with Gasteiger partial charge >= 0.3 is 11.9 Å². The van der Waals surface area contributed by atoms with E-state index < -0.39 is 58.2 Å². The number of ketones is 1. The van der Waals surface area contributed by atoms with Gasteiger partial charge in [-0.25, -0.2) is 19.6 Å². The van der Waals surface area contributed by atoms with Crippen molar-refractivity contribution in [2.75, 3.05) is 24.0 Å². The van der Waals surface area contributed by atoms with Crippen molar-refractivity contribution in [3.05, 3.63) is 36.2 Å². The SMILES string of the molecule is CSc1cnc(C(SC[C@H](NC(C)=O)C(=O)O)C2CCCC(C(SC[C@H](NC(C)=O)C(=O)O)c3cnc(SC)cn3)C2=O)cn1. The lowest BCUT2D eigenvalue weighted by Crippen LogP contribution is -2.42. The number of carbonyl (C=O) groups excluding carboxylic acids is 3. The summed E-state index contributed by atoms with van der Waals surface area (Å²) in [4.78, 5) is 79.5. The Morgan fingerprint density at radius 2 is 1.16 bits per heavy atom. The number of Topliss-reactive ketones (excluding diaryl/α,β-unsaturated/α-hetero) is 1. The fourth-order valence-corrected chi connectivity index (χ4v) is 8.40. The summed E-state index contributed by atoms with van der Waals surface area (Å²) in [5.41, 5.74) is 1.04. The van der Waals surface area contributed by atoms with Gasteiger partial charge in [0, 0.05) is 37.2 Å². The molecule has 4 unspecified atom stereocenters. The number of aliphatic carboxylic acids is 2. The summed E-state index contributed by atoms with van der Waals surface area (Å²) in [6.07, 6.45) is 11.9. The first-order valence-electron chi connectivity index (χ1n) is 13.9. The highest BCUT2D eigenvalue weighted by Gasteiger charge is 2.43. The second-order valence-electron chi connectivity index (χ2n) is 10.2. The van der Waals surface area contributed by atoms with Crippen LogP contribution in [0.25, 0.3) is 0 Å². The topological polar surface area (TPSA) is 201 Å². The molecule has 2 amide bonds. The van der Waals surface area contributed by atoms with Crippen LogP contribution in [0.2, 0.25) is 0 Å². The summed E-state index contributed by atoms with van der Waals surface area (Å²) in [6, 6.07) is -2.34. The zero-order valence-electron chi connectivity index (χ0n) is 25.2. The Hall–Kier alpha value is -2.89. The Bertz CT molecular complexity index is 1250. The van der Waals surface area contributed by atoms with E-state index in [2.05, 4.69) is 30.6 Å². The van der Waals surface area contributed by atoms with E-state index in [0.29, 0.717) is 40.7 Å². The number of nitrogens with one attached hydrogen (secondary N) is 2. The van der Waals surface area contributed by atoms with Crippen molar-refractivity contribution in [2.24, 2.45) is 11.8 Å². The molecule has 0 radical (unpaired) electrons. The minimum Gasteiger partial charge on any atom is -0.480 e. The fraction of sp³-hybridized carbons (Fsp3) is 0.536. The van der Waals surface area contributed by atoms with E-state index in [-0.39, 0.29) is 17.3 Å². The Morgan fingerprint density at radius 1 is 0.756 bits per heavy atom. The van der Waals surface area contributed by atoms with Gasteiger partial charge in [-0.3, -0.25) is 24.4 Å². The first-order chi connectivity index (χ1) is 21.4. The number of hydrogen-bond donors (Lipinski definition) is 4. The van der Waals surface area contributed by atoms with Gasteiger partial charge in [-0.1, -0.05) is 6.42 Å². The van der Waals surface area contributed by atoms with Gasteiger partial charge in [-0.2, -0.15) is 0 Å². The molecule has 244 valence electrons.